The zero-order chi connectivity index (χ0) is 17.7. The molecule has 0 unspecified atom stereocenters. The molecule has 0 bridgehead atoms. The highest BCUT2D eigenvalue weighted by Gasteiger charge is 2.22. The van der Waals surface area contributed by atoms with Crippen LogP contribution in [0.15, 0.2) is 29.1 Å². The summed E-state index contributed by atoms with van der Waals surface area (Å²) in [4.78, 5) is 17.7. The minimum atomic E-state index is -0.0738. The van der Waals surface area contributed by atoms with Crippen LogP contribution in [-0.2, 0) is 12.8 Å². The van der Waals surface area contributed by atoms with E-state index < -0.39 is 0 Å². The Hall–Kier alpha value is -2.87. The molecule has 4 aromatic rings. The van der Waals surface area contributed by atoms with Crippen molar-refractivity contribution in [3.05, 3.63) is 45.1 Å². The molecule has 1 aliphatic carbocycles. The van der Waals surface area contributed by atoms with E-state index >= 15 is 0 Å². The van der Waals surface area contributed by atoms with Gasteiger partial charge in [0.1, 0.15) is 10.6 Å². The molecular formula is C18H17N5O2S. The first-order valence-corrected chi connectivity index (χ1v) is 9.39. The van der Waals surface area contributed by atoms with Crippen molar-refractivity contribution in [3.8, 4) is 5.75 Å². The third-order valence-corrected chi connectivity index (χ3v) is 6.09. The number of aromatic nitrogens is 4. The number of rotatable bonds is 3. The van der Waals surface area contributed by atoms with Crippen molar-refractivity contribution in [2.75, 3.05) is 12.4 Å². The molecule has 132 valence electrons. The van der Waals surface area contributed by atoms with Crippen LogP contribution in [0.1, 0.15) is 23.3 Å². The quantitative estimate of drug-likeness (QED) is 0.581. The molecule has 26 heavy (non-hydrogen) atoms. The van der Waals surface area contributed by atoms with Gasteiger partial charge in [0, 0.05) is 10.6 Å². The van der Waals surface area contributed by atoms with E-state index in [0.717, 1.165) is 40.9 Å². The van der Waals surface area contributed by atoms with Gasteiger partial charge in [0.15, 0.2) is 0 Å². The lowest BCUT2D eigenvalue weighted by molar-refractivity contribution is 0.415. The van der Waals surface area contributed by atoms with Gasteiger partial charge in [0.25, 0.3) is 5.56 Å². The van der Waals surface area contributed by atoms with Gasteiger partial charge in [0.2, 0.25) is 11.7 Å². The molecule has 0 atom stereocenters. The summed E-state index contributed by atoms with van der Waals surface area (Å²) in [5.74, 6) is 1.83. The summed E-state index contributed by atoms with van der Waals surface area (Å²) in [6.45, 7) is 0. The molecule has 7 nitrogen and oxygen atoms in total. The predicted molar refractivity (Wildman–Crippen MR) is 102 cm³/mol. The highest BCUT2D eigenvalue weighted by atomic mass is 32.1. The first-order chi connectivity index (χ1) is 12.7. The van der Waals surface area contributed by atoms with E-state index in [1.165, 1.54) is 16.9 Å². The van der Waals surface area contributed by atoms with Crippen molar-refractivity contribution in [3.63, 3.8) is 0 Å². The number of hydrogen-bond acceptors (Lipinski definition) is 6. The van der Waals surface area contributed by atoms with Crippen LogP contribution in [0.25, 0.3) is 16.0 Å². The number of hydrogen-bond donors (Lipinski definition) is 2. The maximum Gasteiger partial charge on any atom is 0.261 e. The molecule has 8 heteroatoms. The normalized spacial score (nSPS) is 13.9. The fourth-order valence-electron chi connectivity index (χ4n) is 3.55. The Bertz CT molecular complexity index is 1170. The Morgan fingerprint density at radius 3 is 2.81 bits per heavy atom. The number of anilines is 2. The van der Waals surface area contributed by atoms with Crippen molar-refractivity contribution in [2.45, 2.75) is 25.7 Å². The van der Waals surface area contributed by atoms with Crippen molar-refractivity contribution >= 4 is 39.0 Å². The van der Waals surface area contributed by atoms with Crippen molar-refractivity contribution in [2.24, 2.45) is 0 Å². The van der Waals surface area contributed by atoms with Gasteiger partial charge in [-0.3, -0.25) is 9.78 Å². The molecule has 0 spiro atoms. The first kappa shape index (κ1) is 15.4. The Labute approximate surface area is 152 Å². The number of nitrogens with one attached hydrogen (secondary N) is 2. The van der Waals surface area contributed by atoms with Crippen LogP contribution >= 0.6 is 11.3 Å². The van der Waals surface area contributed by atoms with Crippen LogP contribution < -0.4 is 15.6 Å². The van der Waals surface area contributed by atoms with E-state index in [0.29, 0.717) is 11.7 Å². The Balaban J connectivity index is 1.68. The van der Waals surface area contributed by atoms with Gasteiger partial charge in [-0.15, -0.1) is 21.5 Å². The van der Waals surface area contributed by atoms with E-state index in [1.54, 1.807) is 18.4 Å². The number of nitrogens with zero attached hydrogens (tertiary/aromatic N) is 3. The third kappa shape index (κ3) is 2.29. The number of methoxy groups -OCH3 is 1. The van der Waals surface area contributed by atoms with Crippen molar-refractivity contribution in [1.82, 2.24) is 19.6 Å². The first-order valence-electron chi connectivity index (χ1n) is 8.57. The summed E-state index contributed by atoms with van der Waals surface area (Å²) >= 11 is 1.68. The standard InChI is InChI=1S/C18H17N5O2S/c1-25-11-8-6-10(7-9-11)19-17-21-22-18-20-15(24)14-12-4-2-3-5-13(12)26-16(14)23(17)18/h6-9H,2-5H2,1H3,(H,19,21)(H,20,22,24). The molecule has 5 rings (SSSR count). The summed E-state index contributed by atoms with van der Waals surface area (Å²) in [7, 11) is 1.64. The second-order valence-electron chi connectivity index (χ2n) is 6.38. The number of fused-ring (bicyclic) bond motifs is 5. The average Bonchev–Trinajstić information content (AvgIpc) is 3.24. The van der Waals surface area contributed by atoms with Gasteiger partial charge >= 0.3 is 0 Å². The maximum atomic E-state index is 12.6. The van der Waals surface area contributed by atoms with E-state index in [1.807, 2.05) is 28.7 Å². The molecule has 3 aromatic heterocycles. The smallest absolute Gasteiger partial charge is 0.261 e. The molecule has 1 aromatic carbocycles. The summed E-state index contributed by atoms with van der Waals surface area (Å²) in [6.07, 6.45) is 4.32. The monoisotopic (exact) mass is 367 g/mol. The number of aryl methyl sites for hydroxylation is 2. The highest BCUT2D eigenvalue weighted by Crippen LogP contribution is 2.35. The topological polar surface area (TPSA) is 84.3 Å². The van der Waals surface area contributed by atoms with Crippen LogP contribution in [0.2, 0.25) is 0 Å². The van der Waals surface area contributed by atoms with Gasteiger partial charge in [-0.1, -0.05) is 0 Å². The number of ether oxygens (including phenoxy) is 1. The van der Waals surface area contributed by atoms with Crippen molar-refractivity contribution < 1.29 is 4.74 Å². The zero-order valence-electron chi connectivity index (χ0n) is 14.2. The fourth-order valence-corrected chi connectivity index (χ4v) is 4.94. The summed E-state index contributed by atoms with van der Waals surface area (Å²) < 4.78 is 7.10. The number of H-pyrrole nitrogens is 1. The summed E-state index contributed by atoms with van der Waals surface area (Å²) in [5, 5.41) is 12.5. The SMILES string of the molecule is COc1ccc(Nc2nnc3[nH]c(=O)c4c5c(sc4n23)CCCC5)cc1. The van der Waals surface area contributed by atoms with Gasteiger partial charge in [-0.2, -0.15) is 0 Å². The second-order valence-corrected chi connectivity index (χ2v) is 7.46. The van der Waals surface area contributed by atoms with Crippen LogP contribution in [0.3, 0.4) is 0 Å². The minimum absolute atomic E-state index is 0.0738. The predicted octanol–water partition coefficient (Wildman–Crippen LogP) is 3.26. The number of thiophene rings is 1. The highest BCUT2D eigenvalue weighted by molar-refractivity contribution is 7.19. The summed E-state index contributed by atoms with van der Waals surface area (Å²) in [5.41, 5.74) is 2.00. The number of benzene rings is 1. The van der Waals surface area contributed by atoms with Crippen molar-refractivity contribution in [1.29, 1.82) is 0 Å². The molecule has 0 saturated carbocycles. The van der Waals surface area contributed by atoms with Crippen LogP contribution in [0, 0.1) is 0 Å². The third-order valence-electron chi connectivity index (χ3n) is 4.82. The molecule has 2 N–H and O–H groups in total. The Morgan fingerprint density at radius 2 is 2.00 bits per heavy atom. The van der Waals surface area contributed by atoms with E-state index in [2.05, 4.69) is 20.5 Å². The van der Waals surface area contributed by atoms with Gasteiger partial charge < -0.3 is 10.1 Å². The fraction of sp³-hybridized carbons (Fsp3) is 0.278. The van der Waals surface area contributed by atoms with Crippen LogP contribution in [0.4, 0.5) is 11.6 Å². The average molecular weight is 367 g/mol. The minimum Gasteiger partial charge on any atom is -0.497 e. The molecule has 0 radical (unpaired) electrons. The molecule has 0 saturated heterocycles. The number of aromatic amines is 1. The molecular weight excluding hydrogens is 350 g/mol. The van der Waals surface area contributed by atoms with Crippen LogP contribution in [-0.4, -0.2) is 26.7 Å². The molecule has 0 aliphatic heterocycles. The molecule has 0 amide bonds. The Morgan fingerprint density at radius 1 is 1.19 bits per heavy atom. The Kier molecular flexibility index (Phi) is 3.46. The van der Waals surface area contributed by atoms with Crippen LogP contribution in [0.5, 0.6) is 5.75 Å². The van der Waals surface area contributed by atoms with Gasteiger partial charge in [0.05, 0.1) is 12.5 Å². The van der Waals surface area contributed by atoms with Gasteiger partial charge in [-0.25, -0.2) is 4.40 Å². The molecule has 3 heterocycles. The second kappa shape index (κ2) is 5.84. The lowest BCUT2D eigenvalue weighted by Crippen LogP contribution is -2.11. The van der Waals surface area contributed by atoms with E-state index in [-0.39, 0.29) is 5.56 Å². The summed E-state index contributed by atoms with van der Waals surface area (Å²) in [6, 6.07) is 7.60. The van der Waals surface area contributed by atoms with Gasteiger partial charge in [-0.05, 0) is 55.5 Å². The molecule has 0 fully saturated rings. The zero-order valence-corrected chi connectivity index (χ0v) is 15.0. The van der Waals surface area contributed by atoms with E-state index in [9.17, 15) is 4.79 Å². The molecule has 1 aliphatic rings. The lowest BCUT2D eigenvalue weighted by Gasteiger charge is -2.09. The maximum absolute atomic E-state index is 12.6. The largest absolute Gasteiger partial charge is 0.497 e. The van der Waals surface area contributed by atoms with E-state index in [4.69, 9.17) is 4.74 Å². The lowest BCUT2D eigenvalue weighted by atomic mass is 9.97.